The average Bonchev–Trinajstić information content (AvgIpc) is 2.33. The molecule has 18 heavy (non-hydrogen) atoms. The number of carbonyl (C=O) groups excluding carboxylic acids is 1. The van der Waals surface area contributed by atoms with Crippen molar-refractivity contribution < 1.29 is 14.6 Å². The topological polar surface area (TPSA) is 46.5 Å². The van der Waals surface area contributed by atoms with Gasteiger partial charge in [0.25, 0.3) is 0 Å². The molecule has 0 spiro atoms. The molecule has 0 aromatic heterocycles. The zero-order chi connectivity index (χ0) is 13.7. The standard InChI is InChI=1S/C13H16BrClO3/c1-3-9(13(17)18-4-2)12(16)8-5-6-10(14)11(15)7-8/h5-7,9,12,16H,3-4H2,1-2H3. The van der Waals surface area contributed by atoms with E-state index in [0.29, 0.717) is 23.6 Å². The Morgan fingerprint density at radius 3 is 2.67 bits per heavy atom. The Bertz CT molecular complexity index is 423. The van der Waals surface area contributed by atoms with E-state index in [2.05, 4.69) is 15.9 Å². The van der Waals surface area contributed by atoms with E-state index >= 15 is 0 Å². The number of hydrogen-bond donors (Lipinski definition) is 1. The molecule has 0 aliphatic carbocycles. The van der Waals surface area contributed by atoms with Gasteiger partial charge < -0.3 is 9.84 Å². The van der Waals surface area contributed by atoms with E-state index in [1.165, 1.54) is 0 Å². The van der Waals surface area contributed by atoms with Gasteiger partial charge in [0.2, 0.25) is 0 Å². The summed E-state index contributed by atoms with van der Waals surface area (Å²) in [5, 5.41) is 10.7. The quantitative estimate of drug-likeness (QED) is 0.834. The smallest absolute Gasteiger partial charge is 0.311 e. The first-order valence-electron chi connectivity index (χ1n) is 5.80. The van der Waals surface area contributed by atoms with E-state index in [0.717, 1.165) is 4.47 Å². The van der Waals surface area contributed by atoms with Gasteiger partial charge >= 0.3 is 5.97 Å². The number of halogens is 2. The normalized spacial score (nSPS) is 14.1. The van der Waals surface area contributed by atoms with E-state index in [9.17, 15) is 9.90 Å². The zero-order valence-electron chi connectivity index (χ0n) is 10.3. The van der Waals surface area contributed by atoms with Gasteiger partial charge in [0.1, 0.15) is 0 Å². The molecule has 1 N–H and O–H groups in total. The number of benzene rings is 1. The number of aliphatic hydroxyl groups is 1. The maximum Gasteiger partial charge on any atom is 0.311 e. The van der Waals surface area contributed by atoms with Crippen LogP contribution in [0.2, 0.25) is 5.02 Å². The van der Waals surface area contributed by atoms with Crippen molar-refractivity contribution in [2.75, 3.05) is 6.61 Å². The highest BCUT2D eigenvalue weighted by molar-refractivity contribution is 9.10. The summed E-state index contributed by atoms with van der Waals surface area (Å²) in [6.07, 6.45) is -0.395. The van der Waals surface area contributed by atoms with Crippen molar-refractivity contribution >= 4 is 33.5 Å². The van der Waals surface area contributed by atoms with Crippen LogP contribution < -0.4 is 0 Å². The number of rotatable bonds is 5. The van der Waals surface area contributed by atoms with Crippen LogP contribution in [-0.2, 0) is 9.53 Å². The molecule has 0 saturated carbocycles. The second-order valence-corrected chi connectivity index (χ2v) is 5.15. The molecular weight excluding hydrogens is 319 g/mol. The summed E-state index contributed by atoms with van der Waals surface area (Å²) in [5.41, 5.74) is 0.614. The van der Waals surface area contributed by atoms with Gasteiger partial charge in [0.15, 0.2) is 0 Å². The Kier molecular flexibility index (Phi) is 6.12. The van der Waals surface area contributed by atoms with E-state index in [1.54, 1.807) is 25.1 Å². The largest absolute Gasteiger partial charge is 0.466 e. The van der Waals surface area contributed by atoms with Crippen LogP contribution in [0.15, 0.2) is 22.7 Å². The summed E-state index contributed by atoms with van der Waals surface area (Å²) in [4.78, 5) is 11.7. The third kappa shape index (κ3) is 3.70. The molecule has 3 nitrogen and oxygen atoms in total. The van der Waals surface area contributed by atoms with Gasteiger partial charge in [0.05, 0.1) is 23.7 Å². The van der Waals surface area contributed by atoms with Crippen LogP contribution in [0.4, 0.5) is 0 Å². The van der Waals surface area contributed by atoms with E-state index < -0.39 is 12.0 Å². The van der Waals surface area contributed by atoms with Crippen molar-refractivity contribution in [1.82, 2.24) is 0 Å². The highest BCUT2D eigenvalue weighted by Crippen LogP contribution is 2.30. The predicted molar refractivity (Wildman–Crippen MR) is 74.5 cm³/mol. The Balaban J connectivity index is 2.92. The molecular formula is C13H16BrClO3. The second-order valence-electron chi connectivity index (χ2n) is 3.89. The lowest BCUT2D eigenvalue weighted by Crippen LogP contribution is -2.24. The van der Waals surface area contributed by atoms with Crippen LogP contribution in [0.5, 0.6) is 0 Å². The molecule has 0 saturated heterocycles. The van der Waals surface area contributed by atoms with Crippen LogP contribution in [0, 0.1) is 5.92 Å². The SMILES string of the molecule is CCOC(=O)C(CC)C(O)c1ccc(Br)c(Cl)c1. The van der Waals surface area contributed by atoms with Crippen LogP contribution in [-0.4, -0.2) is 17.7 Å². The third-order valence-corrected chi connectivity index (χ3v) is 3.93. The molecule has 0 bridgehead atoms. The molecule has 1 aromatic rings. The Morgan fingerprint density at radius 2 is 2.17 bits per heavy atom. The molecule has 0 heterocycles. The Hall–Kier alpha value is -0.580. The molecule has 5 heteroatoms. The lowest BCUT2D eigenvalue weighted by atomic mass is 9.93. The molecule has 0 amide bonds. The lowest BCUT2D eigenvalue weighted by molar-refractivity contribution is -0.152. The van der Waals surface area contributed by atoms with Crippen LogP contribution >= 0.6 is 27.5 Å². The van der Waals surface area contributed by atoms with Gasteiger partial charge in [-0.3, -0.25) is 4.79 Å². The minimum absolute atomic E-state index is 0.309. The van der Waals surface area contributed by atoms with Crippen molar-refractivity contribution in [3.05, 3.63) is 33.3 Å². The number of hydrogen-bond acceptors (Lipinski definition) is 3. The summed E-state index contributed by atoms with van der Waals surface area (Å²) in [6.45, 7) is 3.89. The zero-order valence-corrected chi connectivity index (χ0v) is 12.7. The van der Waals surface area contributed by atoms with Crippen molar-refractivity contribution in [3.63, 3.8) is 0 Å². The molecule has 2 unspecified atom stereocenters. The number of carbonyl (C=O) groups is 1. The predicted octanol–water partition coefficient (Wildman–Crippen LogP) is 3.73. The first kappa shape index (κ1) is 15.5. The summed E-state index contributed by atoms with van der Waals surface area (Å²) in [6, 6.07) is 5.14. The number of esters is 1. The summed E-state index contributed by atoms with van der Waals surface area (Å²) in [5.74, 6) is -0.950. The molecule has 0 aliphatic rings. The maximum atomic E-state index is 11.7. The highest BCUT2D eigenvalue weighted by Gasteiger charge is 2.27. The monoisotopic (exact) mass is 334 g/mol. The molecule has 1 aromatic carbocycles. The number of aliphatic hydroxyl groups excluding tert-OH is 1. The van der Waals surface area contributed by atoms with Crippen molar-refractivity contribution in [3.8, 4) is 0 Å². The maximum absolute atomic E-state index is 11.7. The molecule has 0 radical (unpaired) electrons. The summed E-state index contributed by atoms with van der Waals surface area (Å²) < 4.78 is 5.70. The summed E-state index contributed by atoms with van der Waals surface area (Å²) in [7, 11) is 0. The average molecular weight is 336 g/mol. The van der Waals surface area contributed by atoms with E-state index in [-0.39, 0.29) is 5.97 Å². The molecule has 100 valence electrons. The van der Waals surface area contributed by atoms with Crippen molar-refractivity contribution in [2.24, 2.45) is 5.92 Å². The van der Waals surface area contributed by atoms with Gasteiger partial charge in [-0.25, -0.2) is 0 Å². The second kappa shape index (κ2) is 7.12. The fourth-order valence-electron chi connectivity index (χ4n) is 1.70. The van der Waals surface area contributed by atoms with Gasteiger partial charge in [-0.05, 0) is 47.0 Å². The van der Waals surface area contributed by atoms with Crippen LogP contribution in [0.1, 0.15) is 31.9 Å². The fourth-order valence-corrected chi connectivity index (χ4v) is 2.13. The van der Waals surface area contributed by atoms with Crippen molar-refractivity contribution in [1.29, 1.82) is 0 Å². The minimum Gasteiger partial charge on any atom is -0.466 e. The Morgan fingerprint density at radius 1 is 1.50 bits per heavy atom. The van der Waals surface area contributed by atoms with Gasteiger partial charge in [-0.1, -0.05) is 24.6 Å². The number of ether oxygens (including phenoxy) is 1. The lowest BCUT2D eigenvalue weighted by Gasteiger charge is -2.20. The fraction of sp³-hybridized carbons (Fsp3) is 0.462. The van der Waals surface area contributed by atoms with E-state index in [4.69, 9.17) is 16.3 Å². The van der Waals surface area contributed by atoms with Gasteiger partial charge in [-0.15, -0.1) is 0 Å². The molecule has 0 fully saturated rings. The Labute approximate surface area is 120 Å². The van der Waals surface area contributed by atoms with Crippen molar-refractivity contribution in [2.45, 2.75) is 26.4 Å². The molecule has 2 atom stereocenters. The molecule has 0 aliphatic heterocycles. The van der Waals surface area contributed by atoms with Crippen LogP contribution in [0.25, 0.3) is 0 Å². The first-order chi connectivity index (χ1) is 8.51. The first-order valence-corrected chi connectivity index (χ1v) is 6.98. The van der Waals surface area contributed by atoms with Gasteiger partial charge in [0, 0.05) is 4.47 Å². The van der Waals surface area contributed by atoms with Gasteiger partial charge in [-0.2, -0.15) is 0 Å². The van der Waals surface area contributed by atoms with E-state index in [1.807, 2.05) is 6.92 Å². The molecule has 1 rings (SSSR count). The third-order valence-electron chi connectivity index (χ3n) is 2.70. The van der Waals surface area contributed by atoms with Crippen LogP contribution in [0.3, 0.4) is 0 Å². The summed E-state index contributed by atoms with van der Waals surface area (Å²) >= 11 is 9.25. The minimum atomic E-state index is -0.903. The highest BCUT2D eigenvalue weighted by atomic mass is 79.9.